The predicted molar refractivity (Wildman–Crippen MR) is 79.1 cm³/mol. The zero-order valence-corrected chi connectivity index (χ0v) is 12.9. The smallest absolute Gasteiger partial charge is 0.137 e. The fourth-order valence-corrected chi connectivity index (χ4v) is 2.81. The van der Waals surface area contributed by atoms with Gasteiger partial charge in [-0.15, -0.1) is 0 Å². The highest BCUT2D eigenvalue weighted by Crippen LogP contribution is 2.30. The molecule has 1 atom stereocenters. The molecule has 0 saturated heterocycles. The molecule has 4 heteroatoms. The van der Waals surface area contributed by atoms with Crippen LogP contribution in [0.2, 0.25) is 0 Å². The first-order chi connectivity index (χ1) is 8.63. The van der Waals surface area contributed by atoms with Gasteiger partial charge in [0.15, 0.2) is 0 Å². The normalized spacial score (nSPS) is 12.4. The molecule has 0 amide bonds. The molecule has 0 heterocycles. The third-order valence-electron chi connectivity index (χ3n) is 2.78. The molecule has 18 heavy (non-hydrogen) atoms. The van der Waals surface area contributed by atoms with Gasteiger partial charge in [-0.2, -0.15) is 0 Å². The van der Waals surface area contributed by atoms with Crippen LogP contribution in [-0.4, -0.2) is 7.05 Å². The van der Waals surface area contributed by atoms with Crippen LogP contribution in [0.4, 0.5) is 4.39 Å². The van der Waals surface area contributed by atoms with Crippen LogP contribution < -0.4 is 5.32 Å². The molecule has 0 aliphatic rings. The van der Waals surface area contributed by atoms with Gasteiger partial charge in [-0.25, -0.2) is 4.39 Å². The Hall–Kier alpha value is -0.710. The molecular formula is C14H12Br2FN. The summed E-state index contributed by atoms with van der Waals surface area (Å²) in [6.07, 6.45) is 0. The molecular weight excluding hydrogens is 361 g/mol. The van der Waals surface area contributed by atoms with E-state index < -0.39 is 0 Å². The second-order valence-corrected chi connectivity index (χ2v) is 5.63. The molecule has 1 N–H and O–H groups in total. The van der Waals surface area contributed by atoms with E-state index in [9.17, 15) is 4.39 Å². The third kappa shape index (κ3) is 2.82. The Bertz CT molecular complexity index is 557. The van der Waals surface area contributed by atoms with E-state index in [2.05, 4.69) is 37.2 Å². The maximum absolute atomic E-state index is 13.3. The monoisotopic (exact) mass is 371 g/mol. The zero-order valence-electron chi connectivity index (χ0n) is 9.75. The maximum atomic E-state index is 13.3. The number of hydrogen-bond acceptors (Lipinski definition) is 1. The zero-order chi connectivity index (χ0) is 13.1. The number of benzene rings is 2. The van der Waals surface area contributed by atoms with E-state index in [0.29, 0.717) is 4.47 Å². The number of rotatable bonds is 3. The quantitative estimate of drug-likeness (QED) is 0.826. The minimum Gasteiger partial charge on any atom is -0.309 e. The standard InChI is InChI=1S/C14H12Br2FN/c1-18-14(10-4-2-3-5-11(10)15)9-6-7-13(17)12(16)8-9/h2-8,14,18H,1H3. The summed E-state index contributed by atoms with van der Waals surface area (Å²) in [4.78, 5) is 0. The van der Waals surface area contributed by atoms with Crippen LogP contribution >= 0.6 is 31.9 Å². The van der Waals surface area contributed by atoms with E-state index in [1.807, 2.05) is 31.3 Å². The second kappa shape index (κ2) is 5.95. The lowest BCUT2D eigenvalue weighted by atomic mass is 9.99. The van der Waals surface area contributed by atoms with Crippen molar-refractivity contribution in [3.63, 3.8) is 0 Å². The Kier molecular flexibility index (Phi) is 4.54. The Morgan fingerprint density at radius 3 is 2.39 bits per heavy atom. The van der Waals surface area contributed by atoms with Crippen molar-refractivity contribution in [2.24, 2.45) is 0 Å². The van der Waals surface area contributed by atoms with Gasteiger partial charge in [0.2, 0.25) is 0 Å². The summed E-state index contributed by atoms with van der Waals surface area (Å²) in [6.45, 7) is 0. The SMILES string of the molecule is CNC(c1ccc(F)c(Br)c1)c1ccccc1Br. The first kappa shape index (κ1) is 13.7. The van der Waals surface area contributed by atoms with E-state index in [4.69, 9.17) is 0 Å². The van der Waals surface area contributed by atoms with Gasteiger partial charge in [0.1, 0.15) is 5.82 Å². The minimum absolute atomic E-state index is 0.0254. The lowest BCUT2D eigenvalue weighted by Crippen LogP contribution is -2.18. The first-order valence-corrected chi connectivity index (χ1v) is 7.08. The van der Waals surface area contributed by atoms with Crippen LogP contribution in [0.15, 0.2) is 51.4 Å². The third-order valence-corrected chi connectivity index (χ3v) is 4.11. The molecule has 0 aromatic heterocycles. The van der Waals surface area contributed by atoms with E-state index in [1.54, 1.807) is 12.1 Å². The molecule has 0 saturated carbocycles. The highest BCUT2D eigenvalue weighted by atomic mass is 79.9. The second-order valence-electron chi connectivity index (χ2n) is 3.92. The van der Waals surface area contributed by atoms with Crippen molar-refractivity contribution in [3.05, 3.63) is 68.4 Å². The van der Waals surface area contributed by atoms with Crippen molar-refractivity contribution in [1.82, 2.24) is 5.32 Å². The largest absolute Gasteiger partial charge is 0.309 e. The maximum Gasteiger partial charge on any atom is 0.137 e. The minimum atomic E-state index is -0.249. The summed E-state index contributed by atoms with van der Waals surface area (Å²) >= 11 is 6.76. The Morgan fingerprint density at radius 2 is 1.78 bits per heavy atom. The number of halogens is 3. The summed E-state index contributed by atoms with van der Waals surface area (Å²) in [5.41, 5.74) is 2.14. The van der Waals surface area contributed by atoms with Gasteiger partial charge in [-0.3, -0.25) is 0 Å². The van der Waals surface area contributed by atoms with Crippen molar-refractivity contribution in [2.45, 2.75) is 6.04 Å². The average molecular weight is 373 g/mol. The highest BCUT2D eigenvalue weighted by molar-refractivity contribution is 9.10. The highest BCUT2D eigenvalue weighted by Gasteiger charge is 2.15. The van der Waals surface area contributed by atoms with Gasteiger partial charge in [0.05, 0.1) is 10.5 Å². The van der Waals surface area contributed by atoms with Crippen molar-refractivity contribution < 1.29 is 4.39 Å². The Balaban J connectivity index is 2.45. The number of nitrogens with one attached hydrogen (secondary N) is 1. The molecule has 1 nitrogen and oxygen atoms in total. The first-order valence-electron chi connectivity index (χ1n) is 5.50. The fraction of sp³-hybridized carbons (Fsp3) is 0.143. The summed E-state index contributed by atoms with van der Waals surface area (Å²) in [7, 11) is 1.89. The van der Waals surface area contributed by atoms with Crippen LogP contribution in [0.5, 0.6) is 0 Å². The summed E-state index contributed by atoms with van der Waals surface area (Å²) in [6, 6.07) is 13.1. The summed E-state index contributed by atoms with van der Waals surface area (Å²) in [5, 5.41) is 3.25. The molecule has 0 aliphatic carbocycles. The Labute approximate surface area is 123 Å². The van der Waals surface area contributed by atoms with Gasteiger partial charge < -0.3 is 5.32 Å². The average Bonchev–Trinajstić information content (AvgIpc) is 2.37. The molecule has 2 aromatic carbocycles. The van der Waals surface area contributed by atoms with Crippen molar-refractivity contribution in [1.29, 1.82) is 0 Å². The molecule has 0 spiro atoms. The van der Waals surface area contributed by atoms with Crippen LogP contribution in [-0.2, 0) is 0 Å². The Morgan fingerprint density at radius 1 is 1.06 bits per heavy atom. The van der Waals surface area contributed by atoms with Crippen LogP contribution in [0.25, 0.3) is 0 Å². The van der Waals surface area contributed by atoms with Gasteiger partial charge in [0, 0.05) is 4.47 Å². The molecule has 0 aliphatic heterocycles. The van der Waals surface area contributed by atoms with Crippen LogP contribution in [0.3, 0.4) is 0 Å². The van der Waals surface area contributed by atoms with E-state index in [0.717, 1.165) is 15.6 Å². The van der Waals surface area contributed by atoms with Crippen LogP contribution in [0.1, 0.15) is 17.2 Å². The topological polar surface area (TPSA) is 12.0 Å². The van der Waals surface area contributed by atoms with Crippen molar-refractivity contribution in [2.75, 3.05) is 7.05 Å². The molecule has 94 valence electrons. The summed E-state index contributed by atoms with van der Waals surface area (Å²) in [5.74, 6) is -0.249. The molecule has 2 rings (SSSR count). The predicted octanol–water partition coefficient (Wildman–Crippen LogP) is 4.66. The van der Waals surface area contributed by atoms with Gasteiger partial charge in [0.25, 0.3) is 0 Å². The number of hydrogen-bond donors (Lipinski definition) is 1. The van der Waals surface area contributed by atoms with Gasteiger partial charge >= 0.3 is 0 Å². The van der Waals surface area contributed by atoms with E-state index in [-0.39, 0.29) is 11.9 Å². The van der Waals surface area contributed by atoms with E-state index >= 15 is 0 Å². The van der Waals surface area contributed by atoms with Gasteiger partial charge in [-0.1, -0.05) is 40.2 Å². The molecule has 1 unspecified atom stereocenters. The molecule has 2 aromatic rings. The molecule has 0 radical (unpaired) electrons. The molecule has 0 bridgehead atoms. The lowest BCUT2D eigenvalue weighted by molar-refractivity contribution is 0.616. The van der Waals surface area contributed by atoms with Crippen molar-refractivity contribution >= 4 is 31.9 Å². The molecule has 0 fully saturated rings. The summed E-state index contributed by atoms with van der Waals surface area (Å²) < 4.78 is 14.8. The lowest BCUT2D eigenvalue weighted by Gasteiger charge is -2.19. The van der Waals surface area contributed by atoms with Crippen molar-refractivity contribution in [3.8, 4) is 0 Å². The fourth-order valence-electron chi connectivity index (χ4n) is 1.90. The van der Waals surface area contributed by atoms with Gasteiger partial charge in [-0.05, 0) is 52.3 Å². The van der Waals surface area contributed by atoms with E-state index in [1.165, 1.54) is 6.07 Å². The van der Waals surface area contributed by atoms with Crippen LogP contribution in [0, 0.1) is 5.82 Å².